The first-order valence-electron chi connectivity index (χ1n) is 3.96. The Morgan fingerprint density at radius 2 is 1.79 bits per heavy atom. The third-order valence-electron chi connectivity index (χ3n) is 1.91. The molecular weight excluding hydrogens is 268 g/mol. The molecule has 0 aromatic heterocycles. The Morgan fingerprint density at radius 3 is 2.29 bits per heavy atom. The largest absolute Gasteiger partial charge is 0.382 e. The highest BCUT2D eigenvalue weighted by Crippen LogP contribution is 2.28. The minimum absolute atomic E-state index is 0.383. The zero-order chi connectivity index (χ0) is 10.9. The highest BCUT2D eigenvalue weighted by molar-refractivity contribution is 9.10. The number of halogens is 1. The lowest BCUT2D eigenvalue weighted by Gasteiger charge is -2.09. The summed E-state index contributed by atoms with van der Waals surface area (Å²) in [7, 11) is -3.44. The lowest BCUT2D eigenvalue weighted by atomic mass is 10.1. The van der Waals surface area contributed by atoms with Crippen molar-refractivity contribution in [1.82, 2.24) is 0 Å². The Morgan fingerprint density at radius 1 is 1.21 bits per heavy atom. The Hall–Kier alpha value is -0.550. The molecule has 0 heterocycles. The highest BCUT2D eigenvalue weighted by atomic mass is 79.9. The van der Waals surface area contributed by atoms with Crippen LogP contribution in [0.2, 0.25) is 0 Å². The third kappa shape index (κ3) is 2.72. The van der Waals surface area contributed by atoms with Gasteiger partial charge in [-0.3, -0.25) is 0 Å². The van der Waals surface area contributed by atoms with E-state index in [1.54, 1.807) is 12.1 Å². The molecular formula is C9H11BrO3S. The van der Waals surface area contributed by atoms with Crippen LogP contribution in [-0.2, 0) is 10.1 Å². The van der Waals surface area contributed by atoms with Gasteiger partial charge in [0.1, 0.15) is 5.75 Å². The van der Waals surface area contributed by atoms with E-state index in [2.05, 4.69) is 15.9 Å². The molecule has 0 spiro atoms. The smallest absolute Gasteiger partial charge is 0.306 e. The van der Waals surface area contributed by atoms with Crippen LogP contribution in [0.3, 0.4) is 0 Å². The Balaban J connectivity index is 3.19. The van der Waals surface area contributed by atoms with Crippen LogP contribution < -0.4 is 4.18 Å². The Bertz CT molecular complexity index is 451. The van der Waals surface area contributed by atoms with Crippen LogP contribution in [0.15, 0.2) is 16.6 Å². The second-order valence-corrected chi connectivity index (χ2v) is 5.51. The predicted octanol–water partition coefficient (Wildman–Crippen LogP) is 2.40. The molecule has 14 heavy (non-hydrogen) atoms. The first kappa shape index (κ1) is 11.5. The average molecular weight is 279 g/mol. The average Bonchev–Trinajstić information content (AvgIpc) is 2.04. The van der Waals surface area contributed by atoms with Crippen molar-refractivity contribution in [2.24, 2.45) is 0 Å². The van der Waals surface area contributed by atoms with Crippen molar-refractivity contribution in [2.45, 2.75) is 13.8 Å². The van der Waals surface area contributed by atoms with Gasteiger partial charge in [-0.15, -0.1) is 0 Å². The van der Waals surface area contributed by atoms with Crippen LogP contribution in [-0.4, -0.2) is 14.7 Å². The molecule has 0 fully saturated rings. The predicted molar refractivity (Wildman–Crippen MR) is 59.1 cm³/mol. The molecule has 0 aliphatic carbocycles. The molecule has 0 aliphatic rings. The Labute approximate surface area is 92.3 Å². The number of hydrogen-bond donors (Lipinski definition) is 0. The second-order valence-electron chi connectivity index (χ2n) is 3.08. The molecule has 0 atom stereocenters. The second kappa shape index (κ2) is 3.90. The molecule has 0 radical (unpaired) electrons. The van der Waals surface area contributed by atoms with E-state index in [0.717, 1.165) is 21.9 Å². The quantitative estimate of drug-likeness (QED) is 0.781. The molecule has 1 aromatic rings. The molecule has 0 saturated carbocycles. The summed E-state index contributed by atoms with van der Waals surface area (Å²) in [6.07, 6.45) is 1.03. The van der Waals surface area contributed by atoms with Gasteiger partial charge < -0.3 is 4.18 Å². The molecule has 1 rings (SSSR count). The van der Waals surface area contributed by atoms with Gasteiger partial charge in [-0.25, -0.2) is 0 Å². The lowest BCUT2D eigenvalue weighted by Crippen LogP contribution is -2.07. The number of benzene rings is 1. The first-order chi connectivity index (χ1) is 6.31. The van der Waals surface area contributed by atoms with Gasteiger partial charge in [-0.1, -0.05) is 15.9 Å². The van der Waals surface area contributed by atoms with Crippen molar-refractivity contribution in [1.29, 1.82) is 0 Å². The Kier molecular flexibility index (Phi) is 3.21. The van der Waals surface area contributed by atoms with Gasteiger partial charge in [-0.05, 0) is 37.1 Å². The highest BCUT2D eigenvalue weighted by Gasteiger charge is 2.10. The summed E-state index contributed by atoms with van der Waals surface area (Å²) >= 11 is 3.35. The van der Waals surface area contributed by atoms with E-state index < -0.39 is 10.1 Å². The van der Waals surface area contributed by atoms with Gasteiger partial charge in [0.2, 0.25) is 0 Å². The molecule has 0 N–H and O–H groups in total. The number of hydrogen-bond acceptors (Lipinski definition) is 3. The fourth-order valence-electron chi connectivity index (χ4n) is 1.02. The van der Waals surface area contributed by atoms with Crippen molar-refractivity contribution in [3.05, 3.63) is 27.7 Å². The maximum atomic E-state index is 10.9. The van der Waals surface area contributed by atoms with Gasteiger partial charge in [0.15, 0.2) is 0 Å². The molecule has 0 aliphatic heterocycles. The van der Waals surface area contributed by atoms with Gasteiger partial charge >= 0.3 is 10.1 Å². The van der Waals surface area contributed by atoms with E-state index in [1.807, 2.05) is 13.8 Å². The molecule has 0 saturated heterocycles. The molecule has 5 heteroatoms. The molecule has 1 aromatic carbocycles. The van der Waals surface area contributed by atoms with Crippen LogP contribution in [0.4, 0.5) is 0 Å². The fraction of sp³-hybridized carbons (Fsp3) is 0.333. The van der Waals surface area contributed by atoms with Gasteiger partial charge in [0, 0.05) is 4.47 Å². The van der Waals surface area contributed by atoms with E-state index in [4.69, 9.17) is 4.18 Å². The van der Waals surface area contributed by atoms with Crippen molar-refractivity contribution >= 4 is 26.0 Å². The zero-order valence-corrected chi connectivity index (χ0v) is 10.6. The number of rotatable bonds is 2. The van der Waals surface area contributed by atoms with Crippen LogP contribution in [0.25, 0.3) is 0 Å². The first-order valence-corrected chi connectivity index (χ1v) is 6.57. The summed E-state index contributed by atoms with van der Waals surface area (Å²) in [5, 5.41) is 0. The van der Waals surface area contributed by atoms with Crippen molar-refractivity contribution in [2.75, 3.05) is 6.26 Å². The fourth-order valence-corrected chi connectivity index (χ4v) is 1.95. The summed E-state index contributed by atoms with van der Waals surface area (Å²) in [6.45, 7) is 3.72. The van der Waals surface area contributed by atoms with Crippen LogP contribution in [0.1, 0.15) is 11.1 Å². The van der Waals surface area contributed by atoms with Gasteiger partial charge in [-0.2, -0.15) is 8.42 Å². The molecule has 0 unspecified atom stereocenters. The maximum Gasteiger partial charge on any atom is 0.306 e. The molecule has 78 valence electrons. The van der Waals surface area contributed by atoms with Gasteiger partial charge in [0.05, 0.1) is 6.26 Å². The van der Waals surface area contributed by atoms with E-state index in [0.29, 0.717) is 5.75 Å². The van der Waals surface area contributed by atoms with Crippen LogP contribution in [0, 0.1) is 13.8 Å². The van der Waals surface area contributed by atoms with Crippen molar-refractivity contribution < 1.29 is 12.6 Å². The van der Waals surface area contributed by atoms with E-state index >= 15 is 0 Å². The van der Waals surface area contributed by atoms with Crippen molar-refractivity contribution in [3.63, 3.8) is 0 Å². The zero-order valence-electron chi connectivity index (χ0n) is 8.17. The summed E-state index contributed by atoms with van der Waals surface area (Å²) in [5.74, 6) is 0.383. The maximum absolute atomic E-state index is 10.9. The van der Waals surface area contributed by atoms with Crippen LogP contribution in [0.5, 0.6) is 5.75 Å². The monoisotopic (exact) mass is 278 g/mol. The SMILES string of the molecule is Cc1c(Br)ccc(OS(C)(=O)=O)c1C. The van der Waals surface area contributed by atoms with Crippen molar-refractivity contribution in [3.8, 4) is 5.75 Å². The summed E-state index contributed by atoms with van der Waals surface area (Å²) in [4.78, 5) is 0. The third-order valence-corrected chi connectivity index (χ3v) is 3.25. The summed E-state index contributed by atoms with van der Waals surface area (Å²) in [5.41, 5.74) is 1.80. The van der Waals surface area contributed by atoms with Gasteiger partial charge in [0.25, 0.3) is 0 Å². The normalized spacial score (nSPS) is 11.4. The molecule has 0 bridgehead atoms. The minimum atomic E-state index is -3.44. The standard InChI is InChI=1S/C9H11BrO3S/c1-6-7(2)9(5-4-8(6)10)13-14(3,11)12/h4-5H,1-3H3. The van der Waals surface area contributed by atoms with E-state index in [9.17, 15) is 8.42 Å². The van der Waals surface area contributed by atoms with E-state index in [1.165, 1.54) is 0 Å². The summed E-state index contributed by atoms with van der Waals surface area (Å²) < 4.78 is 27.6. The lowest BCUT2D eigenvalue weighted by molar-refractivity contribution is 0.490. The topological polar surface area (TPSA) is 43.4 Å². The minimum Gasteiger partial charge on any atom is -0.382 e. The van der Waals surface area contributed by atoms with Crippen LogP contribution >= 0.6 is 15.9 Å². The molecule has 0 amide bonds. The molecule has 3 nitrogen and oxygen atoms in total. The van der Waals surface area contributed by atoms with E-state index in [-0.39, 0.29) is 0 Å². The summed E-state index contributed by atoms with van der Waals surface area (Å²) in [6, 6.07) is 3.40.